The fourth-order valence-corrected chi connectivity index (χ4v) is 2.49. The molecule has 0 spiro atoms. The second-order valence-electron chi connectivity index (χ2n) is 5.89. The van der Waals surface area contributed by atoms with Crippen molar-refractivity contribution >= 4 is 29.1 Å². The quantitative estimate of drug-likeness (QED) is 0.639. The van der Waals surface area contributed by atoms with Crippen LogP contribution in [0.3, 0.4) is 0 Å². The van der Waals surface area contributed by atoms with E-state index >= 15 is 0 Å². The number of hydrogen-bond acceptors (Lipinski definition) is 4. The number of aromatic nitrogens is 1. The predicted octanol–water partition coefficient (Wildman–Crippen LogP) is 2.95. The number of amides is 3. The Bertz CT molecular complexity index is 1000. The van der Waals surface area contributed by atoms with Crippen molar-refractivity contribution in [2.45, 2.75) is 0 Å². The molecular weight excluding hydrogens is 356 g/mol. The second kappa shape index (κ2) is 8.59. The maximum atomic E-state index is 12.5. The van der Waals surface area contributed by atoms with E-state index in [9.17, 15) is 14.4 Å². The third kappa shape index (κ3) is 4.59. The lowest BCUT2D eigenvalue weighted by atomic mass is 10.1. The molecule has 0 fully saturated rings. The first-order chi connectivity index (χ1) is 13.6. The molecule has 3 amide bonds. The van der Waals surface area contributed by atoms with E-state index in [0.717, 1.165) is 0 Å². The molecule has 140 valence electrons. The molecule has 1 aromatic heterocycles. The molecule has 7 heteroatoms. The summed E-state index contributed by atoms with van der Waals surface area (Å²) in [6, 6.07) is 16.5. The molecule has 0 saturated carbocycles. The standard InChI is InChI=1S/C21H18N4O3/c1-22-19(26)14-7-9-17(10-8-14)24-20(27)15-4-2-6-18(12-15)25-21(28)16-5-3-11-23-13-16/h2-13H,1H3,(H,22,26)(H,24,27)(H,25,28). The van der Waals surface area contributed by atoms with Crippen molar-refractivity contribution in [1.82, 2.24) is 10.3 Å². The van der Waals surface area contributed by atoms with Crippen molar-refractivity contribution < 1.29 is 14.4 Å². The van der Waals surface area contributed by atoms with Gasteiger partial charge in [-0.2, -0.15) is 0 Å². The maximum Gasteiger partial charge on any atom is 0.257 e. The van der Waals surface area contributed by atoms with Crippen LogP contribution in [-0.2, 0) is 0 Å². The van der Waals surface area contributed by atoms with Crippen molar-refractivity contribution in [3.05, 3.63) is 89.7 Å². The number of nitrogens with one attached hydrogen (secondary N) is 3. The van der Waals surface area contributed by atoms with Gasteiger partial charge in [-0.1, -0.05) is 6.07 Å². The molecular formula is C21H18N4O3. The van der Waals surface area contributed by atoms with Crippen LogP contribution >= 0.6 is 0 Å². The lowest BCUT2D eigenvalue weighted by Gasteiger charge is -2.09. The summed E-state index contributed by atoms with van der Waals surface area (Å²) in [5, 5.41) is 8.04. The van der Waals surface area contributed by atoms with Gasteiger partial charge in [-0.05, 0) is 54.6 Å². The molecule has 3 N–H and O–H groups in total. The average molecular weight is 374 g/mol. The Morgan fingerprint density at radius 2 is 1.39 bits per heavy atom. The van der Waals surface area contributed by atoms with Crippen LogP contribution in [0.5, 0.6) is 0 Å². The van der Waals surface area contributed by atoms with Gasteiger partial charge in [0, 0.05) is 41.9 Å². The van der Waals surface area contributed by atoms with Gasteiger partial charge in [0.05, 0.1) is 5.56 Å². The third-order valence-corrected chi connectivity index (χ3v) is 3.94. The van der Waals surface area contributed by atoms with E-state index in [1.165, 1.54) is 6.20 Å². The first kappa shape index (κ1) is 18.8. The normalized spacial score (nSPS) is 10.0. The highest BCUT2D eigenvalue weighted by Gasteiger charge is 2.10. The molecule has 3 rings (SSSR count). The summed E-state index contributed by atoms with van der Waals surface area (Å²) in [6.45, 7) is 0. The number of carbonyl (C=O) groups is 3. The van der Waals surface area contributed by atoms with Crippen LogP contribution in [0.15, 0.2) is 73.1 Å². The molecule has 0 radical (unpaired) electrons. The Hall–Kier alpha value is -4.00. The first-order valence-electron chi connectivity index (χ1n) is 8.52. The Balaban J connectivity index is 1.68. The van der Waals surface area contributed by atoms with Crippen molar-refractivity contribution in [2.75, 3.05) is 17.7 Å². The SMILES string of the molecule is CNC(=O)c1ccc(NC(=O)c2cccc(NC(=O)c3cccnc3)c2)cc1. The summed E-state index contributed by atoms with van der Waals surface area (Å²) >= 11 is 0. The summed E-state index contributed by atoms with van der Waals surface area (Å²) in [5.41, 5.74) is 2.37. The van der Waals surface area contributed by atoms with Gasteiger partial charge in [0.2, 0.25) is 0 Å². The van der Waals surface area contributed by atoms with Gasteiger partial charge in [-0.15, -0.1) is 0 Å². The number of anilines is 2. The van der Waals surface area contributed by atoms with Gasteiger partial charge in [-0.3, -0.25) is 19.4 Å². The minimum Gasteiger partial charge on any atom is -0.355 e. The van der Waals surface area contributed by atoms with Crippen LogP contribution in [0, 0.1) is 0 Å². The Morgan fingerprint density at radius 1 is 0.714 bits per heavy atom. The number of rotatable bonds is 5. The summed E-state index contributed by atoms with van der Waals surface area (Å²) in [6.07, 6.45) is 3.05. The van der Waals surface area contributed by atoms with Crippen LogP contribution in [0.25, 0.3) is 0 Å². The number of carbonyl (C=O) groups excluding carboxylic acids is 3. The van der Waals surface area contributed by atoms with Crippen LogP contribution in [0.2, 0.25) is 0 Å². The lowest BCUT2D eigenvalue weighted by molar-refractivity contribution is 0.0961. The van der Waals surface area contributed by atoms with Gasteiger partial charge in [0.1, 0.15) is 0 Å². The highest BCUT2D eigenvalue weighted by Crippen LogP contribution is 2.15. The largest absolute Gasteiger partial charge is 0.355 e. The molecule has 0 bridgehead atoms. The maximum absolute atomic E-state index is 12.5. The van der Waals surface area contributed by atoms with Crippen LogP contribution < -0.4 is 16.0 Å². The zero-order valence-electron chi connectivity index (χ0n) is 15.1. The predicted molar refractivity (Wildman–Crippen MR) is 106 cm³/mol. The van der Waals surface area contributed by atoms with E-state index in [2.05, 4.69) is 20.9 Å². The van der Waals surface area contributed by atoms with Gasteiger partial charge in [0.15, 0.2) is 0 Å². The molecule has 0 aliphatic heterocycles. The minimum atomic E-state index is -0.329. The van der Waals surface area contributed by atoms with Gasteiger partial charge in [0.25, 0.3) is 17.7 Å². The summed E-state index contributed by atoms with van der Waals surface area (Å²) < 4.78 is 0. The molecule has 0 aliphatic carbocycles. The highest BCUT2D eigenvalue weighted by atomic mass is 16.2. The molecule has 0 unspecified atom stereocenters. The second-order valence-corrected chi connectivity index (χ2v) is 5.89. The van der Waals surface area contributed by atoms with Crippen LogP contribution in [0.1, 0.15) is 31.1 Å². The minimum absolute atomic E-state index is 0.199. The monoisotopic (exact) mass is 374 g/mol. The summed E-state index contributed by atoms with van der Waals surface area (Å²) in [4.78, 5) is 40.2. The zero-order valence-corrected chi connectivity index (χ0v) is 15.1. The highest BCUT2D eigenvalue weighted by molar-refractivity contribution is 6.07. The van der Waals surface area contributed by atoms with E-state index in [1.54, 1.807) is 73.9 Å². The van der Waals surface area contributed by atoms with Crippen LogP contribution in [-0.4, -0.2) is 29.8 Å². The Morgan fingerprint density at radius 3 is 2.07 bits per heavy atom. The van der Waals surface area contributed by atoms with E-state index in [1.807, 2.05) is 0 Å². The van der Waals surface area contributed by atoms with Gasteiger partial charge < -0.3 is 16.0 Å². The average Bonchev–Trinajstić information content (AvgIpc) is 2.74. The Kier molecular flexibility index (Phi) is 5.76. The molecule has 2 aromatic carbocycles. The van der Waals surface area contributed by atoms with Gasteiger partial charge in [-0.25, -0.2) is 0 Å². The first-order valence-corrected chi connectivity index (χ1v) is 8.52. The van der Waals surface area contributed by atoms with E-state index in [-0.39, 0.29) is 17.7 Å². The smallest absolute Gasteiger partial charge is 0.257 e. The van der Waals surface area contributed by atoms with Crippen LogP contribution in [0.4, 0.5) is 11.4 Å². The number of hydrogen-bond donors (Lipinski definition) is 3. The molecule has 0 aliphatic rings. The molecule has 0 atom stereocenters. The molecule has 7 nitrogen and oxygen atoms in total. The molecule has 1 heterocycles. The lowest BCUT2D eigenvalue weighted by Crippen LogP contribution is -2.18. The van der Waals surface area contributed by atoms with Crippen molar-refractivity contribution in [3.63, 3.8) is 0 Å². The van der Waals surface area contributed by atoms with E-state index in [0.29, 0.717) is 28.1 Å². The van der Waals surface area contributed by atoms with Crippen molar-refractivity contribution in [3.8, 4) is 0 Å². The number of benzene rings is 2. The third-order valence-electron chi connectivity index (χ3n) is 3.94. The number of pyridine rings is 1. The van der Waals surface area contributed by atoms with Crippen molar-refractivity contribution in [1.29, 1.82) is 0 Å². The zero-order chi connectivity index (χ0) is 19.9. The Labute approximate surface area is 161 Å². The number of nitrogens with zero attached hydrogens (tertiary/aromatic N) is 1. The summed E-state index contributed by atoms with van der Waals surface area (Å²) in [5.74, 6) is -0.837. The summed E-state index contributed by atoms with van der Waals surface area (Å²) in [7, 11) is 1.55. The van der Waals surface area contributed by atoms with E-state index in [4.69, 9.17) is 0 Å². The van der Waals surface area contributed by atoms with E-state index < -0.39 is 0 Å². The fraction of sp³-hybridized carbons (Fsp3) is 0.0476. The molecule has 3 aromatic rings. The topological polar surface area (TPSA) is 100 Å². The van der Waals surface area contributed by atoms with Crippen molar-refractivity contribution in [2.24, 2.45) is 0 Å². The van der Waals surface area contributed by atoms with Gasteiger partial charge >= 0.3 is 0 Å². The molecule has 28 heavy (non-hydrogen) atoms. The fourth-order valence-electron chi connectivity index (χ4n) is 2.49. The molecule has 0 saturated heterocycles.